The van der Waals surface area contributed by atoms with E-state index in [1.165, 1.54) is 6.07 Å². The van der Waals surface area contributed by atoms with Crippen molar-refractivity contribution >= 4 is 5.69 Å². The van der Waals surface area contributed by atoms with E-state index in [-0.39, 0.29) is 11.6 Å². The molecule has 0 unspecified atom stereocenters. The number of rotatable bonds is 3. The topological polar surface area (TPSA) is 26.7 Å². The minimum absolute atomic E-state index is 0.0805. The minimum Gasteiger partial charge on any atom is -0.392 e. The molecule has 1 fully saturated rings. The van der Waals surface area contributed by atoms with E-state index >= 15 is 0 Å². The van der Waals surface area contributed by atoms with Gasteiger partial charge in [0.2, 0.25) is 0 Å². The zero-order valence-electron chi connectivity index (χ0n) is 12.3. The van der Waals surface area contributed by atoms with Crippen LogP contribution in [0, 0.1) is 0 Å². The number of hydrogen-bond donors (Lipinski definition) is 1. The van der Waals surface area contributed by atoms with E-state index in [0.29, 0.717) is 5.69 Å². The highest BCUT2D eigenvalue weighted by Gasteiger charge is 2.34. The van der Waals surface area contributed by atoms with Gasteiger partial charge in [0.05, 0.1) is 12.2 Å². The lowest BCUT2D eigenvalue weighted by atomic mass is 10.0. The van der Waals surface area contributed by atoms with Crippen LogP contribution in [0.25, 0.3) is 0 Å². The Labute approximate surface area is 123 Å². The van der Waals surface area contributed by atoms with Crippen LogP contribution in [-0.2, 0) is 12.8 Å². The van der Waals surface area contributed by atoms with Crippen molar-refractivity contribution in [1.29, 1.82) is 0 Å². The first-order valence-corrected chi connectivity index (χ1v) is 7.05. The third-order valence-corrected chi connectivity index (χ3v) is 4.21. The second-order valence-corrected chi connectivity index (χ2v) is 5.64. The number of halogens is 3. The van der Waals surface area contributed by atoms with Gasteiger partial charge in [-0.25, -0.2) is 0 Å². The van der Waals surface area contributed by atoms with Crippen LogP contribution in [0.4, 0.5) is 18.9 Å². The molecule has 1 aromatic carbocycles. The number of nitrogens with zero attached hydrogens (tertiary/aromatic N) is 2. The largest absolute Gasteiger partial charge is 0.416 e. The van der Waals surface area contributed by atoms with E-state index in [0.717, 1.165) is 32.0 Å². The number of likely N-dealkylation sites (tertiary alicyclic amines) is 1. The quantitative estimate of drug-likeness (QED) is 0.930. The Bertz CT molecular complexity index is 482. The van der Waals surface area contributed by atoms with Crippen LogP contribution < -0.4 is 4.90 Å². The molecular formula is C15H21F3N2O. The fourth-order valence-corrected chi connectivity index (χ4v) is 2.78. The predicted molar refractivity (Wildman–Crippen MR) is 76.3 cm³/mol. The van der Waals surface area contributed by atoms with Gasteiger partial charge in [-0.15, -0.1) is 0 Å². The lowest BCUT2D eigenvalue weighted by molar-refractivity contribution is -0.138. The lowest BCUT2D eigenvalue weighted by Gasteiger charge is -2.36. The molecule has 0 amide bonds. The highest BCUT2D eigenvalue weighted by atomic mass is 19.4. The molecule has 0 atom stereocenters. The van der Waals surface area contributed by atoms with Gasteiger partial charge in [0, 0.05) is 18.8 Å². The summed E-state index contributed by atoms with van der Waals surface area (Å²) in [6.07, 6.45) is -2.56. The molecule has 1 heterocycles. The summed E-state index contributed by atoms with van der Waals surface area (Å²) in [5.74, 6) is 0. The van der Waals surface area contributed by atoms with E-state index in [4.69, 9.17) is 5.11 Å². The van der Waals surface area contributed by atoms with Crippen LogP contribution in [0.5, 0.6) is 0 Å². The van der Waals surface area contributed by atoms with Gasteiger partial charge in [0.15, 0.2) is 0 Å². The number of hydrogen-bond acceptors (Lipinski definition) is 3. The summed E-state index contributed by atoms with van der Waals surface area (Å²) in [6, 6.07) is 4.41. The van der Waals surface area contributed by atoms with Crippen LogP contribution in [-0.4, -0.2) is 43.2 Å². The molecule has 1 aromatic rings. The lowest BCUT2D eigenvalue weighted by Crippen LogP contribution is -2.42. The van der Waals surface area contributed by atoms with Crippen LogP contribution in [0.15, 0.2) is 18.2 Å². The third-order valence-electron chi connectivity index (χ3n) is 4.21. The molecular weight excluding hydrogens is 281 g/mol. The molecule has 1 saturated heterocycles. The van der Waals surface area contributed by atoms with Crippen LogP contribution in [0.3, 0.4) is 0 Å². The molecule has 3 nitrogen and oxygen atoms in total. The molecule has 118 valence electrons. The summed E-state index contributed by atoms with van der Waals surface area (Å²) in [5.41, 5.74) is -0.278. The van der Waals surface area contributed by atoms with Crippen molar-refractivity contribution in [3.8, 4) is 0 Å². The van der Waals surface area contributed by atoms with Crippen molar-refractivity contribution in [1.82, 2.24) is 4.90 Å². The first-order chi connectivity index (χ1) is 9.82. The Balaban J connectivity index is 2.23. The molecule has 2 rings (SSSR count). The molecule has 0 aromatic heterocycles. The van der Waals surface area contributed by atoms with E-state index < -0.39 is 18.3 Å². The Morgan fingerprint density at radius 2 is 1.90 bits per heavy atom. The Kier molecular flexibility index (Phi) is 4.78. The predicted octanol–water partition coefficient (Wildman–Crippen LogP) is 2.73. The molecule has 0 radical (unpaired) electrons. The third kappa shape index (κ3) is 3.68. The SMILES string of the molecule is CN1CCC(N(C)c2ccc(CO)c(C(F)(F)F)c2)CC1. The normalized spacial score (nSPS) is 18.0. The number of aliphatic hydroxyl groups excluding tert-OH is 1. The zero-order chi connectivity index (χ0) is 15.6. The Morgan fingerprint density at radius 3 is 2.43 bits per heavy atom. The van der Waals surface area contributed by atoms with Crippen molar-refractivity contribution in [3.63, 3.8) is 0 Å². The van der Waals surface area contributed by atoms with Gasteiger partial charge in [-0.05, 0) is 50.7 Å². The summed E-state index contributed by atoms with van der Waals surface area (Å²) in [5, 5.41) is 9.07. The fraction of sp³-hybridized carbons (Fsp3) is 0.600. The maximum Gasteiger partial charge on any atom is 0.416 e. The average Bonchev–Trinajstić information content (AvgIpc) is 2.45. The van der Waals surface area contributed by atoms with Gasteiger partial charge in [-0.1, -0.05) is 6.07 Å². The first kappa shape index (κ1) is 16.1. The van der Waals surface area contributed by atoms with Gasteiger partial charge in [-0.3, -0.25) is 0 Å². The molecule has 1 N–H and O–H groups in total. The highest BCUT2D eigenvalue weighted by Crippen LogP contribution is 2.35. The van der Waals surface area contributed by atoms with Gasteiger partial charge in [0.1, 0.15) is 0 Å². The Morgan fingerprint density at radius 1 is 1.29 bits per heavy atom. The minimum atomic E-state index is -4.44. The van der Waals surface area contributed by atoms with Gasteiger partial charge >= 0.3 is 6.18 Å². The van der Waals surface area contributed by atoms with Gasteiger partial charge in [0.25, 0.3) is 0 Å². The maximum absolute atomic E-state index is 13.0. The van der Waals surface area contributed by atoms with Crippen molar-refractivity contribution in [2.24, 2.45) is 0 Å². The highest BCUT2D eigenvalue weighted by molar-refractivity contribution is 5.52. The van der Waals surface area contributed by atoms with Gasteiger partial charge in [-0.2, -0.15) is 13.2 Å². The van der Waals surface area contributed by atoms with Gasteiger partial charge < -0.3 is 14.9 Å². The number of benzene rings is 1. The van der Waals surface area contributed by atoms with Crippen molar-refractivity contribution in [2.45, 2.75) is 31.7 Å². The monoisotopic (exact) mass is 302 g/mol. The average molecular weight is 302 g/mol. The molecule has 0 aliphatic carbocycles. The fourth-order valence-electron chi connectivity index (χ4n) is 2.78. The molecule has 1 aliphatic rings. The number of aliphatic hydroxyl groups is 1. The van der Waals surface area contributed by atoms with Crippen LogP contribution in [0.1, 0.15) is 24.0 Å². The van der Waals surface area contributed by atoms with E-state index in [1.807, 2.05) is 19.0 Å². The Hall–Kier alpha value is -1.27. The molecule has 21 heavy (non-hydrogen) atoms. The maximum atomic E-state index is 13.0. The second-order valence-electron chi connectivity index (χ2n) is 5.64. The number of piperidine rings is 1. The summed E-state index contributed by atoms with van der Waals surface area (Å²) >= 11 is 0. The summed E-state index contributed by atoms with van der Waals surface area (Å²) in [6.45, 7) is 1.30. The molecule has 0 bridgehead atoms. The van der Waals surface area contributed by atoms with Crippen LogP contribution >= 0.6 is 0 Å². The second kappa shape index (κ2) is 6.23. The summed E-state index contributed by atoms with van der Waals surface area (Å²) in [4.78, 5) is 4.14. The van der Waals surface area contributed by atoms with Crippen molar-refractivity contribution in [3.05, 3.63) is 29.3 Å². The molecule has 6 heteroatoms. The van der Waals surface area contributed by atoms with E-state index in [1.54, 1.807) is 6.07 Å². The first-order valence-electron chi connectivity index (χ1n) is 7.05. The van der Waals surface area contributed by atoms with E-state index in [2.05, 4.69) is 4.90 Å². The molecule has 1 aliphatic heterocycles. The summed E-state index contributed by atoms with van der Waals surface area (Å²) in [7, 11) is 3.89. The van der Waals surface area contributed by atoms with Crippen LogP contribution in [0.2, 0.25) is 0 Å². The standard InChI is InChI=1S/C15H21F3N2O/c1-19-7-5-12(6-8-19)20(2)13-4-3-11(10-21)14(9-13)15(16,17)18/h3-4,9,12,21H,5-8,10H2,1-2H3. The number of alkyl halides is 3. The zero-order valence-corrected chi connectivity index (χ0v) is 12.3. The van der Waals surface area contributed by atoms with Crippen molar-refractivity contribution < 1.29 is 18.3 Å². The molecule has 0 spiro atoms. The molecule has 0 saturated carbocycles. The smallest absolute Gasteiger partial charge is 0.392 e. The number of anilines is 1. The van der Waals surface area contributed by atoms with E-state index in [9.17, 15) is 13.2 Å². The summed E-state index contributed by atoms with van der Waals surface area (Å²) < 4.78 is 39.1. The van der Waals surface area contributed by atoms with Crippen molar-refractivity contribution in [2.75, 3.05) is 32.1 Å².